The molecule has 2 heterocycles. The number of fused-ring (bicyclic) bond motifs is 1. The zero-order valence-corrected chi connectivity index (χ0v) is 11.3. The summed E-state index contributed by atoms with van der Waals surface area (Å²) < 4.78 is 5.39. The summed E-state index contributed by atoms with van der Waals surface area (Å²) >= 11 is 0. The predicted molar refractivity (Wildman–Crippen MR) is 78.5 cm³/mol. The number of pyridine rings is 1. The molecular formula is C16H16N2O2. The molecule has 102 valence electrons. The minimum atomic E-state index is -0.0631. The van der Waals surface area contributed by atoms with Crippen molar-refractivity contribution in [1.29, 1.82) is 0 Å². The Morgan fingerprint density at radius 1 is 1.20 bits per heavy atom. The lowest BCUT2D eigenvalue weighted by molar-refractivity contribution is 0.277. The number of furan rings is 1. The van der Waals surface area contributed by atoms with Gasteiger partial charge < -0.3 is 14.4 Å². The number of rotatable bonds is 4. The third-order valence-electron chi connectivity index (χ3n) is 3.29. The van der Waals surface area contributed by atoms with Gasteiger partial charge in [-0.2, -0.15) is 0 Å². The van der Waals surface area contributed by atoms with Crippen LogP contribution in [0.5, 0.6) is 0 Å². The number of aliphatic hydroxyl groups is 1. The van der Waals surface area contributed by atoms with E-state index >= 15 is 0 Å². The molecule has 0 amide bonds. The topological polar surface area (TPSA) is 49.5 Å². The van der Waals surface area contributed by atoms with Crippen molar-refractivity contribution in [1.82, 2.24) is 4.98 Å². The zero-order chi connectivity index (χ0) is 13.9. The van der Waals surface area contributed by atoms with Crippen LogP contribution in [0.2, 0.25) is 0 Å². The fourth-order valence-corrected chi connectivity index (χ4v) is 2.33. The third kappa shape index (κ3) is 2.38. The molecule has 1 aromatic carbocycles. The molecule has 3 rings (SSSR count). The molecule has 0 bridgehead atoms. The minimum absolute atomic E-state index is 0.0631. The largest absolute Gasteiger partial charge is 0.467 e. The molecule has 1 N–H and O–H groups in total. The summed E-state index contributed by atoms with van der Waals surface area (Å²) in [5, 5.41) is 10.4. The highest BCUT2D eigenvalue weighted by atomic mass is 16.3. The van der Waals surface area contributed by atoms with Gasteiger partial charge in [0.25, 0.3) is 0 Å². The van der Waals surface area contributed by atoms with Crippen LogP contribution in [0.15, 0.2) is 53.1 Å². The van der Waals surface area contributed by atoms with Gasteiger partial charge in [0, 0.05) is 18.1 Å². The second-order valence-corrected chi connectivity index (χ2v) is 4.74. The van der Waals surface area contributed by atoms with E-state index < -0.39 is 0 Å². The molecule has 0 aliphatic rings. The Hall–Kier alpha value is -2.33. The van der Waals surface area contributed by atoms with Gasteiger partial charge in [0.1, 0.15) is 5.76 Å². The van der Waals surface area contributed by atoms with E-state index in [-0.39, 0.29) is 6.61 Å². The molecule has 2 aromatic heterocycles. The molecule has 0 aliphatic heterocycles. The molecule has 0 spiro atoms. The van der Waals surface area contributed by atoms with E-state index in [0.29, 0.717) is 12.2 Å². The minimum Gasteiger partial charge on any atom is -0.467 e. The third-order valence-corrected chi connectivity index (χ3v) is 3.29. The van der Waals surface area contributed by atoms with Gasteiger partial charge in [-0.05, 0) is 24.3 Å². The Labute approximate surface area is 117 Å². The van der Waals surface area contributed by atoms with Crippen LogP contribution >= 0.6 is 0 Å². The van der Waals surface area contributed by atoms with Crippen molar-refractivity contribution in [2.24, 2.45) is 0 Å². The molecule has 0 fully saturated rings. The van der Waals surface area contributed by atoms with Gasteiger partial charge in [0.15, 0.2) is 0 Å². The van der Waals surface area contributed by atoms with E-state index in [0.717, 1.165) is 22.4 Å². The van der Waals surface area contributed by atoms with E-state index in [1.165, 1.54) is 0 Å². The second kappa shape index (κ2) is 5.35. The number of hydrogen-bond donors (Lipinski definition) is 1. The first-order valence-corrected chi connectivity index (χ1v) is 6.51. The van der Waals surface area contributed by atoms with Gasteiger partial charge in [-0.15, -0.1) is 0 Å². The number of nitrogens with zero attached hydrogens (tertiary/aromatic N) is 2. The highest BCUT2D eigenvalue weighted by Gasteiger charge is 2.10. The van der Waals surface area contributed by atoms with Gasteiger partial charge >= 0.3 is 0 Å². The first-order valence-electron chi connectivity index (χ1n) is 6.51. The first-order chi connectivity index (χ1) is 9.78. The number of anilines is 1. The molecule has 0 radical (unpaired) electrons. The quantitative estimate of drug-likeness (QED) is 0.790. The first kappa shape index (κ1) is 12.7. The second-order valence-electron chi connectivity index (χ2n) is 4.74. The van der Waals surface area contributed by atoms with Crippen molar-refractivity contribution in [2.75, 3.05) is 11.9 Å². The van der Waals surface area contributed by atoms with Crippen molar-refractivity contribution in [3.63, 3.8) is 0 Å². The number of aromatic nitrogens is 1. The van der Waals surface area contributed by atoms with Crippen molar-refractivity contribution in [3.8, 4) is 0 Å². The Kier molecular flexibility index (Phi) is 3.39. The SMILES string of the molecule is CN(Cc1ccco1)c1cc(CO)nc2ccccc12. The summed E-state index contributed by atoms with van der Waals surface area (Å²) in [7, 11) is 2.01. The zero-order valence-electron chi connectivity index (χ0n) is 11.3. The van der Waals surface area contributed by atoms with Gasteiger partial charge in [-0.1, -0.05) is 18.2 Å². The molecular weight excluding hydrogens is 252 g/mol. The molecule has 0 atom stereocenters. The molecule has 20 heavy (non-hydrogen) atoms. The van der Waals surface area contributed by atoms with Crippen molar-refractivity contribution >= 4 is 16.6 Å². The Morgan fingerprint density at radius 3 is 2.80 bits per heavy atom. The lowest BCUT2D eigenvalue weighted by Crippen LogP contribution is -2.17. The number of aliphatic hydroxyl groups excluding tert-OH is 1. The van der Waals surface area contributed by atoms with Gasteiger partial charge in [-0.3, -0.25) is 4.98 Å². The lowest BCUT2D eigenvalue weighted by atomic mass is 10.1. The summed E-state index contributed by atoms with van der Waals surface area (Å²) in [4.78, 5) is 6.53. The Bertz CT molecular complexity index is 708. The van der Waals surface area contributed by atoms with E-state index in [1.54, 1.807) is 6.26 Å². The van der Waals surface area contributed by atoms with Crippen LogP contribution in [-0.4, -0.2) is 17.1 Å². The summed E-state index contributed by atoms with van der Waals surface area (Å²) in [5.74, 6) is 0.902. The van der Waals surface area contributed by atoms with Gasteiger partial charge in [0.2, 0.25) is 0 Å². The van der Waals surface area contributed by atoms with E-state index in [1.807, 2.05) is 49.5 Å². The van der Waals surface area contributed by atoms with E-state index in [9.17, 15) is 5.11 Å². The standard InChI is InChI=1S/C16H16N2O2/c1-18(10-13-5-4-8-20-13)16-9-12(11-19)17-15-7-3-2-6-14(15)16/h2-9,19H,10-11H2,1H3. The number of para-hydroxylation sites is 1. The molecule has 4 nitrogen and oxygen atoms in total. The maximum Gasteiger partial charge on any atom is 0.123 e. The van der Waals surface area contributed by atoms with Crippen LogP contribution < -0.4 is 4.90 Å². The molecule has 0 unspecified atom stereocenters. The highest BCUT2D eigenvalue weighted by molar-refractivity contribution is 5.91. The predicted octanol–water partition coefficient (Wildman–Crippen LogP) is 2.96. The molecule has 0 saturated heterocycles. The highest BCUT2D eigenvalue weighted by Crippen LogP contribution is 2.27. The van der Waals surface area contributed by atoms with E-state index in [2.05, 4.69) is 9.88 Å². The average Bonchev–Trinajstić information content (AvgIpc) is 2.98. The molecule has 0 saturated carbocycles. The van der Waals surface area contributed by atoms with Crippen LogP contribution in [0.3, 0.4) is 0 Å². The summed E-state index contributed by atoms with van der Waals surface area (Å²) in [6, 6.07) is 13.7. The van der Waals surface area contributed by atoms with Crippen molar-refractivity contribution in [3.05, 3.63) is 60.2 Å². The van der Waals surface area contributed by atoms with Crippen molar-refractivity contribution < 1.29 is 9.52 Å². The Balaban J connectivity index is 2.04. The number of hydrogen-bond acceptors (Lipinski definition) is 4. The maximum absolute atomic E-state index is 9.36. The van der Waals surface area contributed by atoms with Gasteiger partial charge in [-0.25, -0.2) is 0 Å². The monoisotopic (exact) mass is 268 g/mol. The van der Waals surface area contributed by atoms with Crippen LogP contribution in [0, 0.1) is 0 Å². The average molecular weight is 268 g/mol. The molecule has 3 aromatic rings. The van der Waals surface area contributed by atoms with Crippen LogP contribution in [0.25, 0.3) is 10.9 Å². The maximum atomic E-state index is 9.36. The lowest BCUT2D eigenvalue weighted by Gasteiger charge is -2.20. The normalized spacial score (nSPS) is 10.9. The fraction of sp³-hybridized carbons (Fsp3) is 0.188. The molecule has 0 aliphatic carbocycles. The van der Waals surface area contributed by atoms with Gasteiger partial charge in [0.05, 0.1) is 30.6 Å². The Morgan fingerprint density at radius 2 is 2.05 bits per heavy atom. The summed E-state index contributed by atoms with van der Waals surface area (Å²) in [6.45, 7) is 0.609. The van der Waals surface area contributed by atoms with Crippen LogP contribution in [0.4, 0.5) is 5.69 Å². The fourth-order valence-electron chi connectivity index (χ4n) is 2.33. The summed E-state index contributed by atoms with van der Waals surface area (Å²) in [5.41, 5.74) is 2.60. The smallest absolute Gasteiger partial charge is 0.123 e. The van der Waals surface area contributed by atoms with Crippen molar-refractivity contribution in [2.45, 2.75) is 13.2 Å². The molecule has 4 heteroatoms. The van der Waals surface area contributed by atoms with Crippen LogP contribution in [-0.2, 0) is 13.2 Å². The van der Waals surface area contributed by atoms with Crippen LogP contribution in [0.1, 0.15) is 11.5 Å². The number of benzene rings is 1. The van der Waals surface area contributed by atoms with E-state index in [4.69, 9.17) is 4.42 Å². The summed E-state index contributed by atoms with van der Waals surface area (Å²) in [6.07, 6.45) is 1.67.